The molecule has 0 saturated carbocycles. The van der Waals surface area contributed by atoms with Gasteiger partial charge in [-0.3, -0.25) is 4.79 Å². The monoisotopic (exact) mass is 385 g/mol. The Balaban J connectivity index is 1.28. The van der Waals surface area contributed by atoms with Crippen molar-refractivity contribution in [1.82, 2.24) is 24.5 Å². The Morgan fingerprint density at radius 1 is 1.07 bits per heavy atom. The summed E-state index contributed by atoms with van der Waals surface area (Å²) in [5.41, 5.74) is 4.17. The van der Waals surface area contributed by atoms with Crippen LogP contribution < -0.4 is 0 Å². The molecule has 1 aliphatic rings. The van der Waals surface area contributed by atoms with Gasteiger partial charge in [0.1, 0.15) is 5.69 Å². The topological polar surface area (TPSA) is 56.0 Å². The highest BCUT2D eigenvalue weighted by molar-refractivity contribution is 5.89. The van der Waals surface area contributed by atoms with Crippen molar-refractivity contribution in [2.75, 3.05) is 13.1 Å². The average Bonchev–Trinajstić information content (AvgIpc) is 3.48. The van der Waals surface area contributed by atoms with Crippen LogP contribution in [0.1, 0.15) is 18.0 Å². The molecule has 0 aliphatic carbocycles. The molecule has 0 unspecified atom stereocenters. The van der Waals surface area contributed by atoms with Gasteiger partial charge in [-0.25, -0.2) is 4.68 Å². The van der Waals surface area contributed by atoms with E-state index >= 15 is 0 Å². The second-order valence-electron chi connectivity index (χ2n) is 7.69. The predicted molar refractivity (Wildman–Crippen MR) is 112 cm³/mol. The first kappa shape index (κ1) is 17.7. The maximum atomic E-state index is 12.9. The van der Waals surface area contributed by atoms with Crippen LogP contribution in [-0.4, -0.2) is 43.5 Å². The minimum absolute atomic E-state index is 0.173. The molecule has 0 N–H and O–H groups in total. The fourth-order valence-corrected chi connectivity index (χ4v) is 4.22. The first-order chi connectivity index (χ1) is 14.2. The van der Waals surface area contributed by atoms with Crippen LogP contribution in [0.25, 0.3) is 22.2 Å². The molecule has 1 amide bonds. The minimum atomic E-state index is 0.173. The van der Waals surface area contributed by atoms with E-state index in [1.54, 1.807) is 0 Å². The number of carbonyl (C=O) groups is 1. The first-order valence-electron chi connectivity index (χ1n) is 9.97. The summed E-state index contributed by atoms with van der Waals surface area (Å²) in [6.45, 7) is 1.44. The van der Waals surface area contributed by atoms with Gasteiger partial charge in [0, 0.05) is 42.8 Å². The van der Waals surface area contributed by atoms with E-state index in [0.29, 0.717) is 13.0 Å². The molecule has 4 aromatic rings. The van der Waals surface area contributed by atoms with Gasteiger partial charge in [-0.15, -0.1) is 5.10 Å². The summed E-state index contributed by atoms with van der Waals surface area (Å²) in [6.07, 6.45) is 5.39. The predicted octanol–water partition coefficient (Wildman–Crippen LogP) is 3.45. The summed E-state index contributed by atoms with van der Waals surface area (Å²) in [5, 5.41) is 9.79. The lowest BCUT2D eigenvalue weighted by Gasteiger charge is -2.16. The van der Waals surface area contributed by atoms with Crippen LogP contribution in [0.15, 0.2) is 67.0 Å². The Kier molecular flexibility index (Phi) is 4.39. The van der Waals surface area contributed by atoms with E-state index in [-0.39, 0.29) is 11.9 Å². The van der Waals surface area contributed by atoms with E-state index in [1.165, 1.54) is 0 Å². The van der Waals surface area contributed by atoms with Gasteiger partial charge in [0.15, 0.2) is 0 Å². The number of fused-ring (bicyclic) bond motifs is 1. The van der Waals surface area contributed by atoms with Crippen molar-refractivity contribution in [2.45, 2.75) is 18.9 Å². The number of para-hydroxylation sites is 1. The molecule has 1 aliphatic heterocycles. The molecular weight excluding hydrogens is 362 g/mol. The lowest BCUT2D eigenvalue weighted by Crippen LogP contribution is -2.30. The van der Waals surface area contributed by atoms with Crippen molar-refractivity contribution >= 4 is 16.8 Å². The van der Waals surface area contributed by atoms with E-state index in [4.69, 9.17) is 0 Å². The van der Waals surface area contributed by atoms with Crippen molar-refractivity contribution in [3.63, 3.8) is 0 Å². The zero-order valence-electron chi connectivity index (χ0n) is 16.4. The van der Waals surface area contributed by atoms with E-state index in [1.807, 2.05) is 65.3 Å². The van der Waals surface area contributed by atoms with E-state index in [2.05, 4.69) is 33.2 Å². The fraction of sp³-hybridized carbons (Fsp3) is 0.261. The third-order valence-electron chi connectivity index (χ3n) is 5.79. The molecule has 29 heavy (non-hydrogen) atoms. The summed E-state index contributed by atoms with van der Waals surface area (Å²) < 4.78 is 4.00. The number of aryl methyl sites for hydroxylation is 1. The summed E-state index contributed by atoms with van der Waals surface area (Å²) in [5.74, 6) is 0.173. The van der Waals surface area contributed by atoms with Crippen LogP contribution in [0.5, 0.6) is 0 Å². The number of rotatable bonds is 4. The van der Waals surface area contributed by atoms with Crippen LogP contribution in [-0.2, 0) is 18.3 Å². The lowest BCUT2D eigenvalue weighted by molar-refractivity contribution is -0.129. The van der Waals surface area contributed by atoms with Gasteiger partial charge in [-0.05, 0) is 18.1 Å². The average molecular weight is 385 g/mol. The normalized spacial score (nSPS) is 16.6. The van der Waals surface area contributed by atoms with Gasteiger partial charge < -0.3 is 9.47 Å². The van der Waals surface area contributed by atoms with Gasteiger partial charge in [-0.1, -0.05) is 53.7 Å². The number of hydrogen-bond donors (Lipinski definition) is 0. The standard InChI is InChI=1S/C23H23N5O/c1-26-14-18(20-9-5-6-10-22(20)26)13-23(29)27-12-11-19(15-27)28-16-21(24-25-28)17-7-3-2-4-8-17/h2-10,14,16,19H,11-13,15H2,1H3/t19-/m0/s1. The first-order valence-corrected chi connectivity index (χ1v) is 9.97. The summed E-state index contributed by atoms with van der Waals surface area (Å²) in [6, 6.07) is 18.5. The number of benzene rings is 2. The maximum Gasteiger partial charge on any atom is 0.227 e. The maximum absolute atomic E-state index is 12.9. The van der Waals surface area contributed by atoms with Crippen molar-refractivity contribution in [3.8, 4) is 11.3 Å². The molecule has 1 saturated heterocycles. The minimum Gasteiger partial charge on any atom is -0.350 e. The smallest absolute Gasteiger partial charge is 0.227 e. The second-order valence-corrected chi connectivity index (χ2v) is 7.69. The number of likely N-dealkylation sites (tertiary alicyclic amines) is 1. The molecule has 0 radical (unpaired) electrons. The molecule has 6 heteroatoms. The SMILES string of the molecule is Cn1cc(CC(=O)N2CC[C@H](n3cc(-c4ccccc4)nn3)C2)c2ccccc21. The molecule has 0 spiro atoms. The molecule has 146 valence electrons. The third-order valence-corrected chi connectivity index (χ3v) is 5.79. The Morgan fingerprint density at radius 2 is 1.86 bits per heavy atom. The van der Waals surface area contributed by atoms with Crippen LogP contribution in [0, 0.1) is 0 Å². The largest absolute Gasteiger partial charge is 0.350 e. The van der Waals surface area contributed by atoms with Crippen molar-refractivity contribution in [2.24, 2.45) is 7.05 Å². The van der Waals surface area contributed by atoms with Gasteiger partial charge in [-0.2, -0.15) is 0 Å². The zero-order chi connectivity index (χ0) is 19.8. The number of hydrogen-bond acceptors (Lipinski definition) is 3. The van der Waals surface area contributed by atoms with Gasteiger partial charge in [0.05, 0.1) is 18.7 Å². The van der Waals surface area contributed by atoms with Crippen LogP contribution in [0.4, 0.5) is 0 Å². The molecule has 0 bridgehead atoms. The Hall–Kier alpha value is -3.41. The van der Waals surface area contributed by atoms with Gasteiger partial charge in [0.2, 0.25) is 5.91 Å². The van der Waals surface area contributed by atoms with Crippen LogP contribution >= 0.6 is 0 Å². The second kappa shape index (κ2) is 7.20. The number of carbonyl (C=O) groups excluding carboxylic acids is 1. The third kappa shape index (κ3) is 3.31. The van der Waals surface area contributed by atoms with E-state index < -0.39 is 0 Å². The Bertz CT molecular complexity index is 1160. The molecule has 3 heterocycles. The highest BCUT2D eigenvalue weighted by Crippen LogP contribution is 2.26. The van der Waals surface area contributed by atoms with Crippen LogP contribution in [0.2, 0.25) is 0 Å². The molecule has 1 atom stereocenters. The summed E-state index contributed by atoms with van der Waals surface area (Å²) in [4.78, 5) is 14.9. The zero-order valence-corrected chi connectivity index (χ0v) is 16.4. The molecule has 5 rings (SSSR count). The molecule has 6 nitrogen and oxygen atoms in total. The van der Waals surface area contributed by atoms with Crippen molar-refractivity contribution < 1.29 is 4.79 Å². The lowest BCUT2D eigenvalue weighted by atomic mass is 10.1. The molecule has 2 aromatic heterocycles. The quantitative estimate of drug-likeness (QED) is 0.541. The Labute approximate surface area is 169 Å². The van der Waals surface area contributed by atoms with E-state index in [0.717, 1.165) is 40.7 Å². The van der Waals surface area contributed by atoms with Gasteiger partial charge >= 0.3 is 0 Å². The number of nitrogens with zero attached hydrogens (tertiary/aromatic N) is 5. The summed E-state index contributed by atoms with van der Waals surface area (Å²) in [7, 11) is 2.03. The highest BCUT2D eigenvalue weighted by atomic mass is 16.2. The fourth-order valence-electron chi connectivity index (χ4n) is 4.22. The molecular formula is C23H23N5O. The summed E-state index contributed by atoms with van der Waals surface area (Å²) >= 11 is 0. The van der Waals surface area contributed by atoms with Gasteiger partial charge in [0.25, 0.3) is 0 Å². The highest BCUT2D eigenvalue weighted by Gasteiger charge is 2.28. The molecule has 2 aromatic carbocycles. The molecule has 1 fully saturated rings. The Morgan fingerprint density at radius 3 is 2.72 bits per heavy atom. The van der Waals surface area contributed by atoms with Crippen molar-refractivity contribution in [3.05, 3.63) is 72.6 Å². The number of aromatic nitrogens is 4. The van der Waals surface area contributed by atoms with Crippen molar-refractivity contribution in [1.29, 1.82) is 0 Å². The number of amides is 1. The van der Waals surface area contributed by atoms with E-state index in [9.17, 15) is 4.79 Å². The van der Waals surface area contributed by atoms with Crippen LogP contribution in [0.3, 0.4) is 0 Å².